The van der Waals surface area contributed by atoms with Crippen LogP contribution in [0, 0.1) is 5.82 Å². The first-order valence-corrected chi connectivity index (χ1v) is 11.7. The van der Waals surface area contributed by atoms with Crippen LogP contribution in [0.4, 0.5) is 4.39 Å². The van der Waals surface area contributed by atoms with Crippen LogP contribution in [0.1, 0.15) is 53.8 Å². The maximum atomic E-state index is 13.6. The predicted molar refractivity (Wildman–Crippen MR) is 125 cm³/mol. The van der Waals surface area contributed by atoms with Crippen LogP contribution in [0.5, 0.6) is 0 Å². The van der Waals surface area contributed by atoms with E-state index in [1.807, 2.05) is 19.9 Å². The molecule has 2 heterocycles. The maximum absolute atomic E-state index is 13.6. The molecule has 1 spiro atoms. The van der Waals surface area contributed by atoms with Crippen LogP contribution in [0.3, 0.4) is 0 Å². The first-order chi connectivity index (χ1) is 16.3. The van der Waals surface area contributed by atoms with Crippen molar-refractivity contribution >= 4 is 17.7 Å². The van der Waals surface area contributed by atoms with Gasteiger partial charge < -0.3 is 15.0 Å². The average molecular weight is 468 g/mol. The highest BCUT2D eigenvalue weighted by Crippen LogP contribution is 2.39. The first kappa shape index (κ1) is 23.9. The molecule has 34 heavy (non-hydrogen) atoms. The van der Waals surface area contributed by atoms with Gasteiger partial charge >= 0.3 is 0 Å². The number of hydrogen-bond donors (Lipinski definition) is 1. The zero-order valence-corrected chi connectivity index (χ0v) is 19.5. The minimum atomic E-state index is -0.983. The molecule has 2 fully saturated rings. The van der Waals surface area contributed by atoms with Crippen LogP contribution < -0.4 is 5.32 Å². The molecule has 0 unspecified atom stereocenters. The molecule has 0 aliphatic carbocycles. The smallest absolute Gasteiger partial charge is 0.256 e. The number of carbonyl (C=O) groups excluding carboxylic acids is 3. The first-order valence-electron chi connectivity index (χ1n) is 11.7. The van der Waals surface area contributed by atoms with Gasteiger partial charge in [0.05, 0.1) is 6.61 Å². The van der Waals surface area contributed by atoms with Crippen molar-refractivity contribution in [2.75, 3.05) is 19.7 Å². The Morgan fingerprint density at radius 3 is 2.38 bits per heavy atom. The fourth-order valence-corrected chi connectivity index (χ4v) is 4.59. The van der Waals surface area contributed by atoms with Gasteiger partial charge in [-0.15, -0.1) is 0 Å². The Balaban J connectivity index is 1.56. The number of carbonyl (C=O) groups is 3. The summed E-state index contributed by atoms with van der Waals surface area (Å²) in [5.41, 5.74) is -0.221. The van der Waals surface area contributed by atoms with Gasteiger partial charge in [0.15, 0.2) is 0 Å². The van der Waals surface area contributed by atoms with E-state index in [9.17, 15) is 18.8 Å². The van der Waals surface area contributed by atoms with Gasteiger partial charge in [0.1, 0.15) is 17.6 Å². The van der Waals surface area contributed by atoms with Gasteiger partial charge in [-0.25, -0.2) is 4.39 Å². The standard InChI is InChI=1S/C26H30FN3O4/c1-3-18(2)28-23(31)22-17-34-26(30(22)25(33)19-8-5-4-6-9-19)12-14-29(15-13-26)24(32)20-10-7-11-21(27)16-20/h4-11,16,18,22H,3,12-15,17H2,1-2H3,(H,28,31)/t18-,22+/m0/s1. The molecule has 0 aromatic heterocycles. The Bertz CT molecular complexity index is 1050. The second-order valence-corrected chi connectivity index (χ2v) is 8.93. The average Bonchev–Trinajstić information content (AvgIpc) is 3.22. The fraction of sp³-hybridized carbons (Fsp3) is 0.423. The Morgan fingerprint density at radius 2 is 1.74 bits per heavy atom. The molecule has 2 aliphatic heterocycles. The number of ether oxygens (including phenoxy) is 1. The molecule has 2 atom stereocenters. The van der Waals surface area contributed by atoms with Crippen molar-refractivity contribution in [1.82, 2.24) is 15.1 Å². The van der Waals surface area contributed by atoms with Crippen LogP contribution in [0.25, 0.3) is 0 Å². The molecular formula is C26H30FN3O4. The van der Waals surface area contributed by atoms with E-state index >= 15 is 0 Å². The Hall–Kier alpha value is -3.26. The molecule has 2 aromatic carbocycles. The largest absolute Gasteiger partial charge is 0.353 e. The van der Waals surface area contributed by atoms with E-state index in [0.717, 1.165) is 6.42 Å². The molecule has 8 heteroatoms. The zero-order chi connectivity index (χ0) is 24.3. The molecule has 0 saturated carbocycles. The Labute approximate surface area is 198 Å². The number of amides is 3. The molecule has 180 valence electrons. The molecule has 1 N–H and O–H groups in total. The van der Waals surface area contributed by atoms with Crippen molar-refractivity contribution in [2.24, 2.45) is 0 Å². The highest BCUT2D eigenvalue weighted by Gasteiger charge is 2.54. The zero-order valence-electron chi connectivity index (χ0n) is 19.5. The monoisotopic (exact) mass is 467 g/mol. The highest BCUT2D eigenvalue weighted by molar-refractivity contribution is 5.98. The number of nitrogens with one attached hydrogen (secondary N) is 1. The summed E-state index contributed by atoms with van der Waals surface area (Å²) in [6, 6.07) is 13.7. The summed E-state index contributed by atoms with van der Waals surface area (Å²) in [7, 11) is 0. The summed E-state index contributed by atoms with van der Waals surface area (Å²) in [6.07, 6.45) is 1.49. The molecule has 3 amide bonds. The minimum absolute atomic E-state index is 0.0246. The summed E-state index contributed by atoms with van der Waals surface area (Å²) in [5.74, 6) is -1.24. The lowest BCUT2D eigenvalue weighted by molar-refractivity contribution is -0.128. The predicted octanol–water partition coefficient (Wildman–Crippen LogP) is 3.21. The van der Waals surface area contributed by atoms with Crippen LogP contribution in [-0.2, 0) is 9.53 Å². The molecule has 0 radical (unpaired) electrons. The summed E-state index contributed by atoms with van der Waals surface area (Å²) in [4.78, 5) is 42.8. The van der Waals surface area contributed by atoms with Gasteiger partial charge in [-0.3, -0.25) is 19.3 Å². The third kappa shape index (κ3) is 4.68. The van der Waals surface area contributed by atoms with Crippen molar-refractivity contribution in [1.29, 1.82) is 0 Å². The van der Waals surface area contributed by atoms with Gasteiger partial charge in [0.25, 0.3) is 11.8 Å². The summed E-state index contributed by atoms with van der Waals surface area (Å²) in [6.45, 7) is 4.65. The van der Waals surface area contributed by atoms with Gasteiger partial charge in [0.2, 0.25) is 5.91 Å². The third-order valence-corrected chi connectivity index (χ3v) is 6.71. The van der Waals surface area contributed by atoms with E-state index in [1.165, 1.54) is 18.2 Å². The van der Waals surface area contributed by atoms with Crippen LogP contribution >= 0.6 is 0 Å². The molecule has 0 bridgehead atoms. The number of likely N-dealkylation sites (tertiary alicyclic amines) is 1. The molecule has 4 rings (SSSR count). The lowest BCUT2D eigenvalue weighted by Crippen LogP contribution is -2.60. The van der Waals surface area contributed by atoms with E-state index in [0.29, 0.717) is 31.5 Å². The second-order valence-electron chi connectivity index (χ2n) is 8.93. The minimum Gasteiger partial charge on any atom is -0.353 e. The SMILES string of the molecule is CC[C@H](C)NC(=O)[C@H]1COC2(CCN(C(=O)c3cccc(F)c3)CC2)N1C(=O)c1ccccc1. The third-order valence-electron chi connectivity index (χ3n) is 6.71. The second kappa shape index (κ2) is 9.93. The van der Waals surface area contributed by atoms with Gasteiger partial charge in [-0.1, -0.05) is 31.2 Å². The number of nitrogens with zero attached hydrogens (tertiary/aromatic N) is 2. The number of rotatable bonds is 5. The quantitative estimate of drug-likeness (QED) is 0.733. The Morgan fingerprint density at radius 1 is 1.06 bits per heavy atom. The van der Waals surface area contributed by atoms with Crippen molar-refractivity contribution in [3.8, 4) is 0 Å². The van der Waals surface area contributed by atoms with Crippen molar-refractivity contribution in [3.05, 3.63) is 71.5 Å². The molecule has 2 saturated heterocycles. The van der Waals surface area contributed by atoms with Crippen molar-refractivity contribution in [3.63, 3.8) is 0 Å². The molecular weight excluding hydrogens is 437 g/mol. The topological polar surface area (TPSA) is 79.0 Å². The van der Waals surface area contributed by atoms with Gasteiger partial charge in [-0.2, -0.15) is 0 Å². The van der Waals surface area contributed by atoms with Crippen molar-refractivity contribution in [2.45, 2.75) is 50.9 Å². The highest BCUT2D eigenvalue weighted by atomic mass is 19.1. The summed E-state index contributed by atoms with van der Waals surface area (Å²) in [5, 5.41) is 2.97. The fourth-order valence-electron chi connectivity index (χ4n) is 4.59. The maximum Gasteiger partial charge on any atom is 0.256 e. The molecule has 2 aromatic rings. The van der Waals surface area contributed by atoms with E-state index in [4.69, 9.17) is 4.74 Å². The van der Waals surface area contributed by atoms with Crippen LogP contribution in [-0.4, -0.2) is 65.0 Å². The number of benzene rings is 2. The number of piperidine rings is 1. The lowest BCUT2D eigenvalue weighted by Gasteiger charge is -2.44. The number of halogens is 1. The van der Waals surface area contributed by atoms with Gasteiger partial charge in [0, 0.05) is 43.1 Å². The summed E-state index contributed by atoms with van der Waals surface area (Å²) < 4.78 is 19.8. The van der Waals surface area contributed by atoms with E-state index < -0.39 is 17.6 Å². The van der Waals surface area contributed by atoms with E-state index in [1.54, 1.807) is 40.1 Å². The number of hydrogen-bond acceptors (Lipinski definition) is 4. The Kier molecular flexibility index (Phi) is 6.97. The van der Waals surface area contributed by atoms with Crippen LogP contribution in [0.2, 0.25) is 0 Å². The van der Waals surface area contributed by atoms with E-state index in [-0.39, 0.29) is 35.9 Å². The summed E-state index contributed by atoms with van der Waals surface area (Å²) >= 11 is 0. The normalized spacial score (nSPS) is 20.3. The molecule has 2 aliphatic rings. The van der Waals surface area contributed by atoms with Gasteiger partial charge in [-0.05, 0) is 43.7 Å². The van der Waals surface area contributed by atoms with Crippen molar-refractivity contribution < 1.29 is 23.5 Å². The van der Waals surface area contributed by atoms with Crippen LogP contribution in [0.15, 0.2) is 54.6 Å². The van der Waals surface area contributed by atoms with E-state index in [2.05, 4.69) is 5.32 Å². The molecule has 7 nitrogen and oxygen atoms in total. The lowest BCUT2D eigenvalue weighted by atomic mass is 9.96.